The summed E-state index contributed by atoms with van der Waals surface area (Å²) in [5, 5.41) is 14.8. The van der Waals surface area contributed by atoms with Crippen LogP contribution >= 0.6 is 22.9 Å². The quantitative estimate of drug-likeness (QED) is 0.728. The number of benzene rings is 1. The molecule has 1 fully saturated rings. The molecule has 1 aromatic carbocycles. The molecule has 0 radical (unpaired) electrons. The molecule has 1 aliphatic carbocycles. The van der Waals surface area contributed by atoms with Crippen LogP contribution in [0.5, 0.6) is 11.5 Å². The molecule has 0 N–H and O–H groups in total. The van der Waals surface area contributed by atoms with E-state index in [2.05, 4.69) is 15.3 Å². The Morgan fingerprint density at radius 1 is 1.17 bits per heavy atom. The van der Waals surface area contributed by atoms with Crippen LogP contribution in [-0.4, -0.2) is 33.0 Å². The summed E-state index contributed by atoms with van der Waals surface area (Å²) in [6.07, 6.45) is 3.01. The van der Waals surface area contributed by atoms with E-state index in [-0.39, 0.29) is 0 Å². The summed E-state index contributed by atoms with van der Waals surface area (Å²) in [6.45, 7) is 1.12. The average molecular weight is 349 g/mol. The van der Waals surface area contributed by atoms with Gasteiger partial charge in [-0.15, -0.1) is 10.2 Å². The second-order valence-electron chi connectivity index (χ2n) is 5.79. The molecule has 0 unspecified atom stereocenters. The van der Waals surface area contributed by atoms with E-state index in [9.17, 15) is 0 Å². The zero-order valence-corrected chi connectivity index (χ0v) is 13.7. The number of halogens is 1. The maximum Gasteiger partial charge on any atom is 0.234 e. The third-order valence-electron chi connectivity index (χ3n) is 4.05. The van der Waals surface area contributed by atoms with E-state index in [0.29, 0.717) is 36.3 Å². The normalized spacial score (nSPS) is 16.9. The fourth-order valence-corrected chi connectivity index (χ4v) is 3.83. The highest BCUT2D eigenvalue weighted by molar-refractivity contribution is 7.16. The number of aromatic nitrogens is 4. The molecule has 2 aliphatic rings. The maximum absolute atomic E-state index is 6.38. The lowest BCUT2D eigenvalue weighted by molar-refractivity contribution is 0.171. The van der Waals surface area contributed by atoms with Crippen LogP contribution in [0.3, 0.4) is 0 Å². The molecule has 0 amide bonds. The van der Waals surface area contributed by atoms with Gasteiger partial charge in [-0.2, -0.15) is 9.61 Å². The zero-order chi connectivity index (χ0) is 15.4. The molecule has 3 aromatic rings. The highest BCUT2D eigenvalue weighted by Gasteiger charge is 2.30. The molecule has 8 heteroatoms. The Balaban J connectivity index is 1.49. The van der Waals surface area contributed by atoms with Crippen LogP contribution in [0, 0.1) is 0 Å². The Labute approximate surface area is 141 Å². The molecule has 5 rings (SSSR count). The molecule has 0 saturated heterocycles. The van der Waals surface area contributed by atoms with Crippen molar-refractivity contribution in [2.24, 2.45) is 0 Å². The van der Waals surface area contributed by atoms with Crippen molar-refractivity contribution in [2.45, 2.75) is 25.2 Å². The molecular weight excluding hydrogens is 336 g/mol. The lowest BCUT2D eigenvalue weighted by Crippen LogP contribution is -2.15. The Morgan fingerprint density at radius 2 is 1.96 bits per heavy atom. The number of hydrogen-bond donors (Lipinski definition) is 0. The van der Waals surface area contributed by atoms with Gasteiger partial charge in [0, 0.05) is 23.4 Å². The third-order valence-corrected chi connectivity index (χ3v) is 5.30. The van der Waals surface area contributed by atoms with Gasteiger partial charge < -0.3 is 9.47 Å². The van der Waals surface area contributed by atoms with Crippen molar-refractivity contribution < 1.29 is 9.47 Å². The standard InChI is InChI=1S/C15H13ClN4O2S/c16-10-7-12-11(21-3-4-22-12)5-9(10)6-13-19-20-14(8-1-2-8)17-18-15(20)23-13/h5,7-8H,1-4,6H2. The van der Waals surface area contributed by atoms with Crippen LogP contribution < -0.4 is 9.47 Å². The second-order valence-corrected chi connectivity index (χ2v) is 7.23. The van der Waals surface area contributed by atoms with Crippen molar-refractivity contribution in [3.63, 3.8) is 0 Å². The molecule has 1 aliphatic heterocycles. The summed E-state index contributed by atoms with van der Waals surface area (Å²) in [4.78, 5) is 0.843. The summed E-state index contributed by atoms with van der Waals surface area (Å²) in [7, 11) is 0. The summed E-state index contributed by atoms with van der Waals surface area (Å²) in [6, 6.07) is 3.77. The zero-order valence-electron chi connectivity index (χ0n) is 12.2. The molecule has 0 atom stereocenters. The van der Waals surface area contributed by atoms with Crippen molar-refractivity contribution in [2.75, 3.05) is 13.2 Å². The van der Waals surface area contributed by atoms with Gasteiger partial charge in [-0.25, -0.2) is 0 Å². The van der Waals surface area contributed by atoms with Gasteiger partial charge in [0.1, 0.15) is 18.2 Å². The minimum atomic E-state index is 0.526. The van der Waals surface area contributed by atoms with Crippen molar-refractivity contribution >= 4 is 27.9 Å². The van der Waals surface area contributed by atoms with Crippen LogP contribution in [0.1, 0.15) is 35.2 Å². The van der Waals surface area contributed by atoms with Crippen LogP contribution in [0.4, 0.5) is 0 Å². The maximum atomic E-state index is 6.38. The van der Waals surface area contributed by atoms with Gasteiger partial charge in [-0.1, -0.05) is 22.9 Å². The van der Waals surface area contributed by atoms with Crippen molar-refractivity contribution in [1.29, 1.82) is 0 Å². The molecule has 1 saturated carbocycles. The van der Waals surface area contributed by atoms with Gasteiger partial charge >= 0.3 is 0 Å². The Hall–Kier alpha value is -1.86. The van der Waals surface area contributed by atoms with Gasteiger partial charge in [-0.3, -0.25) is 0 Å². The van der Waals surface area contributed by atoms with E-state index < -0.39 is 0 Å². The summed E-state index contributed by atoms with van der Waals surface area (Å²) in [5.41, 5.74) is 0.980. The fraction of sp³-hybridized carbons (Fsp3) is 0.400. The highest BCUT2D eigenvalue weighted by Crippen LogP contribution is 2.40. The number of hydrogen-bond acceptors (Lipinski definition) is 6. The largest absolute Gasteiger partial charge is 0.486 e. The molecular formula is C15H13ClN4O2S. The Morgan fingerprint density at radius 3 is 2.74 bits per heavy atom. The van der Waals surface area contributed by atoms with Gasteiger partial charge in [-0.05, 0) is 24.5 Å². The minimum absolute atomic E-state index is 0.526. The minimum Gasteiger partial charge on any atom is -0.486 e. The molecule has 6 nitrogen and oxygen atoms in total. The fourth-order valence-electron chi connectivity index (χ4n) is 2.74. The molecule has 0 spiro atoms. The van der Waals surface area contributed by atoms with E-state index >= 15 is 0 Å². The lowest BCUT2D eigenvalue weighted by atomic mass is 10.1. The number of fused-ring (bicyclic) bond motifs is 2. The number of nitrogens with zero attached hydrogens (tertiary/aromatic N) is 4. The summed E-state index contributed by atoms with van der Waals surface area (Å²) >= 11 is 7.93. The topological polar surface area (TPSA) is 61.5 Å². The van der Waals surface area contributed by atoms with E-state index in [1.54, 1.807) is 11.3 Å². The van der Waals surface area contributed by atoms with Crippen molar-refractivity contribution in [1.82, 2.24) is 19.8 Å². The van der Waals surface area contributed by atoms with Gasteiger partial charge in [0.15, 0.2) is 17.3 Å². The Kier molecular flexibility index (Phi) is 2.99. The van der Waals surface area contributed by atoms with Gasteiger partial charge in [0.05, 0.1) is 0 Å². The first-order valence-electron chi connectivity index (χ1n) is 7.57. The van der Waals surface area contributed by atoms with Crippen molar-refractivity contribution in [3.05, 3.63) is 33.6 Å². The molecule has 23 heavy (non-hydrogen) atoms. The van der Waals surface area contributed by atoms with E-state index in [4.69, 9.17) is 21.1 Å². The Bertz CT molecular complexity index is 902. The first-order chi connectivity index (χ1) is 11.3. The third kappa shape index (κ3) is 2.35. The average Bonchev–Trinajstić information content (AvgIpc) is 3.19. The van der Waals surface area contributed by atoms with Crippen LogP contribution in [0.25, 0.3) is 4.96 Å². The van der Waals surface area contributed by atoms with E-state index in [1.807, 2.05) is 16.6 Å². The van der Waals surface area contributed by atoms with Crippen LogP contribution in [0.2, 0.25) is 5.02 Å². The SMILES string of the molecule is Clc1cc2c(cc1Cc1nn3c(C4CC4)nnc3s1)OCCO2. The summed E-state index contributed by atoms with van der Waals surface area (Å²) < 4.78 is 13.1. The van der Waals surface area contributed by atoms with Gasteiger partial charge in [0.25, 0.3) is 0 Å². The van der Waals surface area contributed by atoms with E-state index in [1.165, 1.54) is 12.8 Å². The van der Waals surface area contributed by atoms with Gasteiger partial charge in [0.2, 0.25) is 4.96 Å². The molecule has 3 heterocycles. The van der Waals surface area contributed by atoms with E-state index in [0.717, 1.165) is 27.1 Å². The molecule has 0 bridgehead atoms. The van der Waals surface area contributed by atoms with Crippen LogP contribution in [-0.2, 0) is 6.42 Å². The van der Waals surface area contributed by atoms with Crippen LogP contribution in [0.15, 0.2) is 12.1 Å². The molecule has 118 valence electrons. The number of rotatable bonds is 3. The summed E-state index contributed by atoms with van der Waals surface area (Å²) in [5.74, 6) is 2.96. The number of ether oxygens (including phenoxy) is 2. The highest BCUT2D eigenvalue weighted by atomic mass is 35.5. The lowest BCUT2D eigenvalue weighted by Gasteiger charge is -2.19. The molecule has 2 aromatic heterocycles. The smallest absolute Gasteiger partial charge is 0.234 e. The first kappa shape index (κ1) is 13.6. The second kappa shape index (κ2) is 5.07. The van der Waals surface area contributed by atoms with Crippen molar-refractivity contribution in [3.8, 4) is 11.5 Å². The first-order valence-corrected chi connectivity index (χ1v) is 8.76. The predicted octanol–water partition coefficient (Wildman–Crippen LogP) is 3.08. The predicted molar refractivity (Wildman–Crippen MR) is 85.9 cm³/mol. The monoisotopic (exact) mass is 348 g/mol.